The van der Waals surface area contributed by atoms with E-state index in [1.807, 2.05) is 0 Å². The van der Waals surface area contributed by atoms with Crippen LogP contribution in [-0.4, -0.2) is 19.7 Å². The molecule has 1 radical (unpaired) electrons. The zero-order valence-electron chi connectivity index (χ0n) is 8.87. The van der Waals surface area contributed by atoms with Crippen molar-refractivity contribution in [3.8, 4) is 0 Å². The van der Waals surface area contributed by atoms with Crippen LogP contribution in [0.3, 0.4) is 0 Å². The number of carbonyl (C=O) groups is 1. The molecule has 0 aromatic heterocycles. The SMILES string of the molecule is [CH2]CCOC(=O)N(C)c1ccc(Cl)c(Cl)c1. The van der Waals surface area contributed by atoms with Crippen molar-refractivity contribution in [1.29, 1.82) is 0 Å². The molecule has 0 heterocycles. The summed E-state index contributed by atoms with van der Waals surface area (Å²) in [5.41, 5.74) is 0.628. The summed E-state index contributed by atoms with van der Waals surface area (Å²) < 4.78 is 4.93. The molecule has 0 aliphatic rings. The number of benzene rings is 1. The number of anilines is 1. The first-order valence-corrected chi connectivity index (χ1v) is 5.46. The van der Waals surface area contributed by atoms with Gasteiger partial charge < -0.3 is 4.74 Å². The first-order chi connectivity index (χ1) is 7.56. The molecule has 0 saturated heterocycles. The molecule has 0 fully saturated rings. The predicted octanol–water partition coefficient (Wildman–Crippen LogP) is 3.79. The highest BCUT2D eigenvalue weighted by atomic mass is 35.5. The maximum atomic E-state index is 11.5. The van der Waals surface area contributed by atoms with E-state index in [1.54, 1.807) is 25.2 Å². The van der Waals surface area contributed by atoms with Gasteiger partial charge in [-0.25, -0.2) is 4.79 Å². The lowest BCUT2D eigenvalue weighted by atomic mass is 10.3. The summed E-state index contributed by atoms with van der Waals surface area (Å²) in [6.07, 6.45) is 0.100. The summed E-state index contributed by atoms with van der Waals surface area (Å²) in [4.78, 5) is 12.9. The molecule has 0 bridgehead atoms. The third kappa shape index (κ3) is 3.29. The van der Waals surface area contributed by atoms with E-state index in [-0.39, 0.29) is 0 Å². The number of amides is 1. The van der Waals surface area contributed by atoms with Crippen LogP contribution in [0.15, 0.2) is 18.2 Å². The van der Waals surface area contributed by atoms with Gasteiger partial charge in [-0.15, -0.1) is 0 Å². The Morgan fingerprint density at radius 1 is 1.44 bits per heavy atom. The highest BCUT2D eigenvalue weighted by Crippen LogP contribution is 2.26. The second-order valence-electron chi connectivity index (χ2n) is 3.13. The fraction of sp³-hybridized carbons (Fsp3) is 0.273. The summed E-state index contributed by atoms with van der Waals surface area (Å²) in [6.45, 7) is 3.88. The third-order valence-electron chi connectivity index (χ3n) is 1.93. The molecule has 0 unspecified atom stereocenters. The van der Waals surface area contributed by atoms with Gasteiger partial charge >= 0.3 is 6.09 Å². The average molecular weight is 261 g/mol. The van der Waals surface area contributed by atoms with Crippen LogP contribution < -0.4 is 4.90 Å². The standard InChI is InChI=1S/C11H12Cl2NO2/c1-3-6-16-11(15)14(2)8-4-5-9(12)10(13)7-8/h4-5,7H,1,3,6H2,2H3. The lowest BCUT2D eigenvalue weighted by Gasteiger charge is -2.17. The van der Waals surface area contributed by atoms with E-state index in [0.717, 1.165) is 0 Å². The van der Waals surface area contributed by atoms with Gasteiger partial charge in [-0.1, -0.05) is 23.2 Å². The van der Waals surface area contributed by atoms with Crippen molar-refractivity contribution in [2.75, 3.05) is 18.6 Å². The fourth-order valence-corrected chi connectivity index (χ4v) is 1.35. The molecule has 0 spiro atoms. The Morgan fingerprint density at radius 3 is 2.69 bits per heavy atom. The molecule has 0 atom stereocenters. The number of nitrogens with zero attached hydrogens (tertiary/aromatic N) is 1. The van der Waals surface area contributed by atoms with Gasteiger partial charge in [0.05, 0.1) is 16.7 Å². The number of carbonyl (C=O) groups excluding carboxylic acids is 1. The Kier molecular flexibility index (Phi) is 4.90. The summed E-state index contributed by atoms with van der Waals surface area (Å²) in [5.74, 6) is 0. The number of ether oxygens (including phenoxy) is 1. The molecular formula is C11H12Cl2NO2. The Morgan fingerprint density at radius 2 is 2.12 bits per heavy atom. The summed E-state index contributed by atoms with van der Waals surface area (Å²) >= 11 is 11.6. The van der Waals surface area contributed by atoms with Crippen molar-refractivity contribution >= 4 is 35.0 Å². The zero-order valence-corrected chi connectivity index (χ0v) is 10.4. The largest absolute Gasteiger partial charge is 0.449 e. The van der Waals surface area contributed by atoms with E-state index in [1.165, 1.54) is 4.90 Å². The van der Waals surface area contributed by atoms with Crippen molar-refractivity contribution in [1.82, 2.24) is 0 Å². The summed E-state index contributed by atoms with van der Waals surface area (Å²) in [6, 6.07) is 4.93. The van der Waals surface area contributed by atoms with Crippen molar-refractivity contribution in [2.24, 2.45) is 0 Å². The van der Waals surface area contributed by atoms with Gasteiger partial charge in [0.25, 0.3) is 0 Å². The van der Waals surface area contributed by atoms with Gasteiger partial charge in [0.2, 0.25) is 0 Å². The van der Waals surface area contributed by atoms with E-state index in [2.05, 4.69) is 6.92 Å². The molecule has 87 valence electrons. The second kappa shape index (κ2) is 5.97. The van der Waals surface area contributed by atoms with Crippen LogP contribution in [0.4, 0.5) is 10.5 Å². The van der Waals surface area contributed by atoms with E-state index in [0.29, 0.717) is 28.8 Å². The number of hydrogen-bond acceptors (Lipinski definition) is 2. The minimum absolute atomic E-state index is 0.296. The number of rotatable bonds is 3. The van der Waals surface area contributed by atoms with Crippen LogP contribution in [-0.2, 0) is 4.74 Å². The first-order valence-electron chi connectivity index (χ1n) is 4.71. The molecule has 0 aliphatic carbocycles. The van der Waals surface area contributed by atoms with Crippen LogP contribution in [0.1, 0.15) is 6.42 Å². The highest BCUT2D eigenvalue weighted by molar-refractivity contribution is 6.42. The first kappa shape index (κ1) is 13.1. The second-order valence-corrected chi connectivity index (χ2v) is 3.94. The third-order valence-corrected chi connectivity index (χ3v) is 2.67. The van der Waals surface area contributed by atoms with Crippen molar-refractivity contribution in [3.63, 3.8) is 0 Å². The van der Waals surface area contributed by atoms with Crippen molar-refractivity contribution in [2.45, 2.75) is 6.42 Å². The summed E-state index contributed by atoms with van der Waals surface area (Å²) in [7, 11) is 1.60. The van der Waals surface area contributed by atoms with Crippen LogP contribution >= 0.6 is 23.2 Å². The van der Waals surface area contributed by atoms with Gasteiger partial charge in [-0.05, 0) is 31.5 Å². The Labute approximate surface area is 105 Å². The van der Waals surface area contributed by atoms with Gasteiger partial charge in [0.15, 0.2) is 0 Å². The van der Waals surface area contributed by atoms with Gasteiger partial charge in [-0.3, -0.25) is 4.90 Å². The van der Waals surface area contributed by atoms with Crippen LogP contribution in [0.5, 0.6) is 0 Å². The van der Waals surface area contributed by atoms with E-state index in [4.69, 9.17) is 27.9 Å². The minimum Gasteiger partial charge on any atom is -0.449 e. The predicted molar refractivity (Wildman–Crippen MR) is 66.2 cm³/mol. The summed E-state index contributed by atoms with van der Waals surface area (Å²) in [5, 5.41) is 0.848. The van der Waals surface area contributed by atoms with Gasteiger partial charge in [0, 0.05) is 12.7 Å². The molecule has 1 rings (SSSR count). The minimum atomic E-state index is -0.443. The smallest absolute Gasteiger partial charge is 0.414 e. The normalized spacial score (nSPS) is 10.0. The molecule has 1 aromatic carbocycles. The Bertz CT molecular complexity index is 382. The molecule has 1 aromatic rings. The van der Waals surface area contributed by atoms with E-state index in [9.17, 15) is 4.79 Å². The monoisotopic (exact) mass is 260 g/mol. The maximum absolute atomic E-state index is 11.5. The van der Waals surface area contributed by atoms with E-state index < -0.39 is 6.09 Å². The lowest BCUT2D eigenvalue weighted by Crippen LogP contribution is -2.27. The number of hydrogen-bond donors (Lipinski definition) is 0. The Hall–Kier alpha value is -0.930. The van der Waals surface area contributed by atoms with E-state index >= 15 is 0 Å². The maximum Gasteiger partial charge on any atom is 0.414 e. The fourth-order valence-electron chi connectivity index (χ4n) is 1.06. The topological polar surface area (TPSA) is 29.5 Å². The van der Waals surface area contributed by atoms with Gasteiger partial charge in [-0.2, -0.15) is 0 Å². The molecule has 16 heavy (non-hydrogen) atoms. The van der Waals surface area contributed by atoms with Crippen LogP contribution in [0.2, 0.25) is 10.0 Å². The molecular weight excluding hydrogens is 249 g/mol. The quantitative estimate of drug-likeness (QED) is 0.828. The van der Waals surface area contributed by atoms with Gasteiger partial charge in [0.1, 0.15) is 0 Å². The van der Waals surface area contributed by atoms with Crippen molar-refractivity contribution in [3.05, 3.63) is 35.2 Å². The Balaban J connectivity index is 2.75. The average Bonchev–Trinajstić information content (AvgIpc) is 2.28. The molecule has 3 nitrogen and oxygen atoms in total. The molecule has 0 aliphatic heterocycles. The van der Waals surface area contributed by atoms with Crippen LogP contribution in [0.25, 0.3) is 0 Å². The number of halogens is 2. The molecule has 0 saturated carbocycles. The van der Waals surface area contributed by atoms with Crippen molar-refractivity contribution < 1.29 is 9.53 Å². The van der Waals surface area contributed by atoms with Crippen LogP contribution in [0, 0.1) is 6.92 Å². The molecule has 5 heteroatoms. The lowest BCUT2D eigenvalue weighted by molar-refractivity contribution is 0.157. The molecule has 0 N–H and O–H groups in total. The highest BCUT2D eigenvalue weighted by Gasteiger charge is 2.12. The zero-order chi connectivity index (χ0) is 12.1. The molecule has 1 amide bonds.